The molecular formula is C30H28N4O17S3. The summed E-state index contributed by atoms with van der Waals surface area (Å²) in [5.74, 6) is -5.58. The molecule has 0 bridgehead atoms. The van der Waals surface area contributed by atoms with Gasteiger partial charge in [0, 0.05) is 24.8 Å². The number of fused-ring (bicyclic) bond motifs is 1. The molecule has 1 aromatic carbocycles. The van der Waals surface area contributed by atoms with Gasteiger partial charge in [0.1, 0.15) is 29.2 Å². The molecule has 0 spiro atoms. The average molecular weight is 813 g/mol. The smallest absolute Gasteiger partial charge is 0.323 e. The van der Waals surface area contributed by atoms with Crippen LogP contribution in [0.1, 0.15) is 13.3 Å². The van der Waals surface area contributed by atoms with Crippen molar-refractivity contribution in [3.05, 3.63) is 65.0 Å². The van der Waals surface area contributed by atoms with Gasteiger partial charge < -0.3 is 38.8 Å². The normalized spacial score (nSPS) is 17.1. The molecular weight excluding hydrogens is 785 g/mol. The number of hydrogen-bond donors (Lipinski definition) is 4. The Kier molecular flexibility index (Phi) is 11.1. The molecule has 2 amide bonds. The number of aliphatic carboxylic acids is 3. The van der Waals surface area contributed by atoms with Gasteiger partial charge in [-0.1, -0.05) is 0 Å². The topological polar surface area (TPSA) is 292 Å². The monoisotopic (exact) mass is 812 g/mol. The van der Waals surface area contributed by atoms with Gasteiger partial charge in [-0.3, -0.25) is 52.1 Å². The number of methoxy groups -OCH3 is 2. The number of allylic oxidation sites excluding steroid dienone is 1. The van der Waals surface area contributed by atoms with Gasteiger partial charge in [0.15, 0.2) is 17.2 Å². The van der Waals surface area contributed by atoms with Crippen LogP contribution in [0.5, 0.6) is 17.2 Å². The number of oxazole rings is 1. The van der Waals surface area contributed by atoms with Gasteiger partial charge in [-0.15, -0.1) is 11.3 Å². The lowest BCUT2D eigenvalue weighted by molar-refractivity contribution is -0.140. The molecule has 2 aliphatic rings. The Labute approximate surface area is 309 Å². The van der Waals surface area contributed by atoms with Crippen molar-refractivity contribution in [3.63, 3.8) is 0 Å². The summed E-state index contributed by atoms with van der Waals surface area (Å²) in [5, 5.41) is 27.3. The van der Waals surface area contributed by atoms with Crippen molar-refractivity contribution in [2.24, 2.45) is 0 Å². The Morgan fingerprint density at radius 1 is 0.889 bits per heavy atom. The zero-order valence-corrected chi connectivity index (χ0v) is 30.5. The molecule has 2 aromatic heterocycles. The van der Waals surface area contributed by atoms with Crippen LogP contribution in [0.2, 0.25) is 0 Å². The zero-order chi connectivity index (χ0) is 39.8. The Hall–Kier alpha value is -5.85. The first kappa shape index (κ1) is 39.4. The summed E-state index contributed by atoms with van der Waals surface area (Å²) in [6, 6.07) is 3.05. The molecule has 288 valence electrons. The molecule has 0 saturated carbocycles. The molecule has 4 heterocycles. The van der Waals surface area contributed by atoms with E-state index in [4.69, 9.17) is 23.7 Å². The van der Waals surface area contributed by atoms with Crippen LogP contribution in [0.15, 0.2) is 38.1 Å². The number of amides is 2. The number of carbonyl (C=O) groups excluding carboxylic acids is 2. The number of anilines is 1. The summed E-state index contributed by atoms with van der Waals surface area (Å²) in [6.45, 7) is -1.75. The van der Waals surface area contributed by atoms with E-state index < -0.39 is 96.2 Å². The van der Waals surface area contributed by atoms with Crippen LogP contribution in [0.3, 0.4) is 0 Å². The quantitative estimate of drug-likeness (QED) is 0.154. The number of carboxylic acid groups (broad SMARTS) is 3. The lowest BCUT2D eigenvalue weighted by atomic mass is 10.2. The Bertz CT molecular complexity index is 2620. The minimum atomic E-state index is -4.33. The summed E-state index contributed by atoms with van der Waals surface area (Å²) in [5.41, 5.74) is -3.13. The van der Waals surface area contributed by atoms with Gasteiger partial charge in [0.05, 0.1) is 30.2 Å². The largest absolute Gasteiger partial charge is 0.493 e. The number of thiazole rings is 1. The van der Waals surface area contributed by atoms with E-state index in [1.165, 1.54) is 38.2 Å². The second-order valence-electron chi connectivity index (χ2n) is 11.3. The van der Waals surface area contributed by atoms with Gasteiger partial charge in [0.2, 0.25) is 16.8 Å². The molecule has 1 fully saturated rings. The maximum atomic E-state index is 13.8. The predicted molar refractivity (Wildman–Crippen MR) is 185 cm³/mol. The van der Waals surface area contributed by atoms with Gasteiger partial charge in [-0.05, 0) is 30.7 Å². The molecule has 1 saturated heterocycles. The Morgan fingerprint density at radius 3 is 2.09 bits per heavy atom. The maximum Gasteiger partial charge on any atom is 0.323 e. The lowest BCUT2D eigenvalue weighted by Crippen LogP contribution is -2.36. The molecule has 54 heavy (non-hydrogen) atoms. The molecule has 2 aliphatic heterocycles. The summed E-state index contributed by atoms with van der Waals surface area (Å²) >= 11 is 0.747. The van der Waals surface area contributed by atoms with Gasteiger partial charge in [-0.25, -0.2) is 0 Å². The van der Waals surface area contributed by atoms with E-state index in [1.54, 1.807) is 6.07 Å². The summed E-state index contributed by atoms with van der Waals surface area (Å²) in [4.78, 5) is 89.1. The zero-order valence-electron chi connectivity index (χ0n) is 28.1. The highest BCUT2D eigenvalue weighted by Crippen LogP contribution is 2.46. The third kappa shape index (κ3) is 7.90. The van der Waals surface area contributed by atoms with Crippen LogP contribution in [0.4, 0.5) is 10.5 Å². The molecule has 21 nitrogen and oxygen atoms in total. The maximum absolute atomic E-state index is 13.8. The second-order valence-corrected chi connectivity index (χ2v) is 14.8. The summed E-state index contributed by atoms with van der Waals surface area (Å²) in [7, 11) is -1.55. The molecule has 0 unspecified atom stereocenters. The molecule has 0 atom stereocenters. The first-order chi connectivity index (χ1) is 25.3. The second kappa shape index (κ2) is 15.2. The van der Waals surface area contributed by atoms with E-state index in [1.807, 2.05) is 0 Å². The van der Waals surface area contributed by atoms with Crippen LogP contribution in [-0.2, 0) is 42.4 Å². The standard InChI is InChI=1S/C30H28N4O17S3/c1-13(7-18-31(5-4-6-54(45,46)47)14-8-16(48-2)17(49-3)9-15(14)50-18)23-26(42)33(11-20(37)38)29(52-23)22-25(41)32(10-19(35)36)28(51-22)24-27(43)34(12-21(39)40)30(44)53-24/h7-9H,4-6,10-12H2,1-3H3,(H,35,36)(H,37,38)(H,39,40)(H,45,46,47)/b18-7-,23-13+,28-24+,29-22+. The number of rotatable bonds is 13. The molecule has 5 rings (SSSR count). The van der Waals surface area contributed by atoms with Crippen molar-refractivity contribution < 1.29 is 70.9 Å². The number of hydrogen-bond acceptors (Lipinski definition) is 16. The van der Waals surface area contributed by atoms with E-state index in [-0.39, 0.29) is 52.2 Å². The molecule has 0 aliphatic carbocycles. The van der Waals surface area contributed by atoms with E-state index in [0.717, 1.165) is 0 Å². The van der Waals surface area contributed by atoms with Crippen LogP contribution >= 0.6 is 23.1 Å². The molecule has 4 N–H and O–H groups in total. The minimum absolute atomic E-state index is 0.0272. The number of thioether (sulfide) groups is 1. The van der Waals surface area contributed by atoms with Gasteiger partial charge >= 0.3 is 17.9 Å². The number of imide groups is 1. The van der Waals surface area contributed by atoms with Crippen molar-refractivity contribution in [2.75, 3.05) is 38.0 Å². The van der Waals surface area contributed by atoms with Crippen molar-refractivity contribution in [3.8, 4) is 17.2 Å². The summed E-state index contributed by atoms with van der Waals surface area (Å²) in [6.07, 6.45) is 1.29. The third-order valence-corrected chi connectivity index (χ3v) is 10.7. The van der Waals surface area contributed by atoms with Crippen molar-refractivity contribution in [1.82, 2.24) is 14.0 Å². The van der Waals surface area contributed by atoms with Crippen LogP contribution in [-0.4, -0.2) is 104 Å². The predicted octanol–water partition coefficient (Wildman–Crippen LogP) is -0.785. The van der Waals surface area contributed by atoms with E-state index >= 15 is 0 Å². The van der Waals surface area contributed by atoms with Gasteiger partial charge in [-0.2, -0.15) is 8.42 Å². The fourth-order valence-electron chi connectivity index (χ4n) is 5.32. The van der Waals surface area contributed by atoms with E-state index in [9.17, 15) is 56.7 Å². The number of aromatic nitrogens is 2. The number of benzene rings is 1. The van der Waals surface area contributed by atoms with E-state index in [2.05, 4.69) is 0 Å². The van der Waals surface area contributed by atoms with Crippen molar-refractivity contribution in [2.45, 2.75) is 26.4 Å². The van der Waals surface area contributed by atoms with Crippen LogP contribution in [0.25, 0.3) is 10.5 Å². The SMILES string of the molecule is COc1cc2c(cc1OC)N(CCCS(=O)(=O)O)/C(=C/C(C)=c1/s/c(=c3/o/c(=C4/SC(=O)N(CC(=O)O)C4=O)n(CC(=O)O)c3=O)n(CC(=O)O)c1=O)O2. The average Bonchev–Trinajstić information content (AvgIpc) is 3.77. The van der Waals surface area contributed by atoms with Crippen molar-refractivity contribution in [1.29, 1.82) is 0 Å². The van der Waals surface area contributed by atoms with Gasteiger partial charge in [0.25, 0.3) is 32.4 Å². The number of carbonyl (C=O) groups is 5. The first-order valence-electron chi connectivity index (χ1n) is 15.1. The Balaban J connectivity index is 1.78. The highest BCUT2D eigenvalue weighted by Gasteiger charge is 2.39. The van der Waals surface area contributed by atoms with E-state index in [0.29, 0.717) is 36.8 Å². The highest BCUT2D eigenvalue weighted by atomic mass is 32.2. The number of nitrogens with zero attached hydrogens (tertiary/aromatic N) is 4. The van der Waals surface area contributed by atoms with Crippen LogP contribution < -0.4 is 40.3 Å². The summed E-state index contributed by atoms with van der Waals surface area (Å²) < 4.78 is 55.2. The number of carboxylic acids is 3. The molecule has 3 aromatic rings. The van der Waals surface area contributed by atoms with Crippen molar-refractivity contribution >= 4 is 78.4 Å². The van der Waals surface area contributed by atoms with Crippen LogP contribution in [0, 0.1) is 10.1 Å². The molecule has 24 heteroatoms. The lowest BCUT2D eigenvalue weighted by Gasteiger charge is -2.18. The molecule has 0 radical (unpaired) electrons. The fourth-order valence-corrected chi connectivity index (χ4v) is 7.77. The minimum Gasteiger partial charge on any atom is -0.493 e. The third-order valence-electron chi connectivity index (χ3n) is 7.60. The Morgan fingerprint density at radius 2 is 1.50 bits per heavy atom. The highest BCUT2D eigenvalue weighted by molar-refractivity contribution is 8.22. The first-order valence-corrected chi connectivity index (χ1v) is 18.4. The number of ether oxygens (including phenoxy) is 3. The fraction of sp³-hybridized carbons (Fsp3) is 0.300.